The third-order valence-electron chi connectivity index (χ3n) is 0.696. The first-order valence-electron chi connectivity index (χ1n) is 2.65. The van der Waals surface area contributed by atoms with Crippen LogP contribution in [0.2, 0.25) is 0 Å². The maximum Gasteiger partial charge on any atom is 0.551 e. The van der Waals surface area contributed by atoms with Gasteiger partial charge in [-0.2, -0.15) is 4.39 Å². The van der Waals surface area contributed by atoms with Crippen molar-refractivity contribution in [3.8, 4) is 0 Å². The smallest absolute Gasteiger partial charge is 0.245 e. The van der Waals surface area contributed by atoms with Gasteiger partial charge in [-0.3, -0.25) is 0 Å². The van der Waals surface area contributed by atoms with E-state index in [4.69, 9.17) is 0 Å². The van der Waals surface area contributed by atoms with Gasteiger partial charge >= 0.3 is 13.9 Å². The van der Waals surface area contributed by atoms with E-state index in [2.05, 4.69) is 4.52 Å². The Hall–Kier alpha value is -0.220. The average molecular weight is 193 g/mol. The van der Waals surface area contributed by atoms with Crippen LogP contribution >= 0.6 is 8.03 Å². The lowest BCUT2D eigenvalue weighted by atomic mass is 10.8. The zero-order valence-corrected chi connectivity index (χ0v) is 6.24. The predicted molar refractivity (Wildman–Crippen MR) is 30.4 cm³/mol. The Balaban J connectivity index is 3.68. The van der Waals surface area contributed by atoms with Crippen LogP contribution in [0.3, 0.4) is 0 Å². The predicted octanol–water partition coefficient (Wildman–Crippen LogP) is 2.28. The fraction of sp³-hybridized carbons (Fsp3) is 1.00. The first kappa shape index (κ1) is 10.8. The Morgan fingerprint density at radius 3 is 2.18 bits per heavy atom. The van der Waals surface area contributed by atoms with Gasteiger partial charge in [-0.15, -0.1) is 4.52 Å². The molecular weight excluding hydrogens is 187 g/mol. The first-order valence-corrected chi connectivity index (χ1v) is 3.89. The van der Waals surface area contributed by atoms with E-state index in [-0.39, 0.29) is 0 Å². The second kappa shape index (κ2) is 5.43. The van der Waals surface area contributed by atoms with Gasteiger partial charge in [0.15, 0.2) is 6.67 Å². The molecule has 11 heavy (non-hydrogen) atoms. The van der Waals surface area contributed by atoms with E-state index in [0.717, 1.165) is 0 Å². The van der Waals surface area contributed by atoms with Crippen LogP contribution in [-0.2, 0) is 9.09 Å². The van der Waals surface area contributed by atoms with Crippen molar-refractivity contribution in [3.05, 3.63) is 0 Å². The van der Waals surface area contributed by atoms with Gasteiger partial charge in [0.05, 0.1) is 0 Å². The van der Waals surface area contributed by atoms with Crippen molar-refractivity contribution in [2.75, 3.05) is 13.3 Å². The van der Waals surface area contributed by atoms with Crippen LogP contribution < -0.4 is 0 Å². The van der Waals surface area contributed by atoms with Crippen LogP contribution in [0.4, 0.5) is 17.6 Å². The van der Waals surface area contributed by atoms with Crippen molar-refractivity contribution in [1.29, 1.82) is 0 Å². The molecule has 0 heterocycles. The lowest BCUT2D eigenvalue weighted by Gasteiger charge is -1.93. The van der Waals surface area contributed by atoms with Crippen molar-refractivity contribution in [2.24, 2.45) is 0 Å². The second-order valence-electron chi connectivity index (χ2n) is 1.54. The van der Waals surface area contributed by atoms with Gasteiger partial charge in [0.2, 0.25) is 0 Å². The number of rotatable bonds is 5. The highest BCUT2D eigenvalue weighted by molar-refractivity contribution is 7.39. The summed E-state index contributed by atoms with van der Waals surface area (Å²) < 4.78 is 60.2. The molecule has 0 rings (SSSR count). The Morgan fingerprint density at radius 2 is 1.82 bits per heavy atom. The minimum atomic E-state index is -3.09. The Kier molecular flexibility index (Phi) is 5.32. The lowest BCUT2D eigenvalue weighted by molar-refractivity contribution is 0.0465. The molecular formula is C4H6F4O2P+. The zero-order valence-electron chi connectivity index (χ0n) is 5.34. The largest absolute Gasteiger partial charge is 0.551 e. The van der Waals surface area contributed by atoms with Gasteiger partial charge < -0.3 is 0 Å². The SMILES string of the molecule is O=[P+](OC(F)CF)C(F)CF. The molecule has 0 aromatic carbocycles. The fourth-order valence-electron chi connectivity index (χ4n) is 0.263. The van der Waals surface area contributed by atoms with Crippen LogP contribution in [0.1, 0.15) is 0 Å². The molecule has 0 bridgehead atoms. The molecule has 66 valence electrons. The minimum absolute atomic E-state index is 1.53. The van der Waals surface area contributed by atoms with Gasteiger partial charge in [-0.1, -0.05) is 0 Å². The van der Waals surface area contributed by atoms with Crippen molar-refractivity contribution in [2.45, 2.75) is 12.3 Å². The summed E-state index contributed by atoms with van der Waals surface area (Å²) in [6, 6.07) is 0. The second-order valence-corrected chi connectivity index (χ2v) is 2.89. The van der Waals surface area contributed by atoms with Crippen LogP contribution in [0, 0.1) is 0 Å². The normalized spacial score (nSPS) is 17.6. The van der Waals surface area contributed by atoms with Crippen molar-refractivity contribution < 1.29 is 26.7 Å². The lowest BCUT2D eigenvalue weighted by Crippen LogP contribution is -2.07. The van der Waals surface area contributed by atoms with Crippen molar-refractivity contribution >= 4 is 8.03 Å². The summed E-state index contributed by atoms with van der Waals surface area (Å²) in [5.74, 6) is -2.38. The Labute approximate surface area is 61.4 Å². The van der Waals surface area contributed by atoms with E-state index in [9.17, 15) is 22.1 Å². The summed E-state index contributed by atoms with van der Waals surface area (Å²) in [6.45, 7) is -3.06. The maximum atomic E-state index is 11.9. The molecule has 0 aliphatic heterocycles. The van der Waals surface area contributed by atoms with Crippen molar-refractivity contribution in [1.82, 2.24) is 0 Å². The molecule has 3 unspecified atom stereocenters. The highest BCUT2D eigenvalue weighted by Crippen LogP contribution is 2.32. The minimum Gasteiger partial charge on any atom is -0.245 e. The summed E-state index contributed by atoms with van der Waals surface area (Å²) in [6.07, 6.45) is -2.44. The summed E-state index contributed by atoms with van der Waals surface area (Å²) in [4.78, 5) is 0. The Morgan fingerprint density at radius 1 is 1.27 bits per heavy atom. The highest BCUT2D eigenvalue weighted by Gasteiger charge is 2.36. The molecule has 0 aromatic heterocycles. The van der Waals surface area contributed by atoms with E-state index >= 15 is 0 Å². The van der Waals surface area contributed by atoms with E-state index in [1.54, 1.807) is 0 Å². The Bertz CT molecular complexity index is 133. The van der Waals surface area contributed by atoms with Gasteiger partial charge in [0.1, 0.15) is 6.67 Å². The number of hydrogen-bond acceptors (Lipinski definition) is 2. The summed E-state index contributed by atoms with van der Waals surface area (Å²) in [7, 11) is -3.09. The van der Waals surface area contributed by atoms with Gasteiger partial charge in [-0.25, -0.2) is 13.2 Å². The number of alkyl halides is 4. The molecule has 0 saturated carbocycles. The molecule has 2 nitrogen and oxygen atoms in total. The first-order chi connectivity index (χ1) is 5.11. The van der Waals surface area contributed by atoms with Crippen molar-refractivity contribution in [3.63, 3.8) is 0 Å². The molecule has 0 spiro atoms. The molecule has 0 aliphatic rings. The summed E-state index contributed by atoms with van der Waals surface area (Å²) in [5.41, 5.74) is 0. The van der Waals surface area contributed by atoms with E-state index in [1.807, 2.05) is 0 Å². The molecule has 0 fully saturated rings. The number of hydrogen-bond donors (Lipinski definition) is 0. The zero-order chi connectivity index (χ0) is 8.85. The van der Waals surface area contributed by atoms with E-state index < -0.39 is 33.6 Å². The van der Waals surface area contributed by atoms with E-state index in [0.29, 0.717) is 0 Å². The molecule has 0 aromatic rings. The van der Waals surface area contributed by atoms with E-state index in [1.165, 1.54) is 0 Å². The quantitative estimate of drug-likeness (QED) is 0.494. The van der Waals surface area contributed by atoms with Gasteiger partial charge in [0, 0.05) is 0 Å². The average Bonchev–Trinajstić information content (AvgIpc) is 2.02. The molecule has 7 heteroatoms. The highest BCUT2D eigenvalue weighted by atomic mass is 31.1. The monoisotopic (exact) mass is 193 g/mol. The third-order valence-corrected chi connectivity index (χ3v) is 1.73. The molecule has 0 saturated heterocycles. The summed E-state index contributed by atoms with van der Waals surface area (Å²) >= 11 is 0. The molecule has 0 aliphatic carbocycles. The maximum absolute atomic E-state index is 11.9. The van der Waals surface area contributed by atoms with Crippen LogP contribution in [-0.4, -0.2) is 25.6 Å². The van der Waals surface area contributed by atoms with Gasteiger partial charge in [-0.05, 0) is 4.57 Å². The van der Waals surface area contributed by atoms with Crippen LogP contribution in [0.5, 0.6) is 0 Å². The molecule has 0 amide bonds. The number of halogens is 4. The standard InChI is InChI=1S/C4H6F4O2P/c5-1-3(7)10-11(9)4(8)2-6/h3-4H,1-2H2/q+1. The molecule has 0 radical (unpaired) electrons. The molecule has 3 atom stereocenters. The topological polar surface area (TPSA) is 26.3 Å². The fourth-order valence-corrected chi connectivity index (χ4v) is 0.790. The van der Waals surface area contributed by atoms with Gasteiger partial charge in [0.25, 0.3) is 6.36 Å². The molecule has 0 N–H and O–H groups in total. The summed E-state index contributed by atoms with van der Waals surface area (Å²) in [5, 5.41) is 0. The third kappa shape index (κ3) is 4.27. The van der Waals surface area contributed by atoms with Crippen LogP contribution in [0.15, 0.2) is 0 Å². The van der Waals surface area contributed by atoms with Crippen LogP contribution in [0.25, 0.3) is 0 Å².